The first-order valence-electron chi connectivity index (χ1n) is 13.0. The predicted octanol–water partition coefficient (Wildman–Crippen LogP) is 6.10. The topological polar surface area (TPSA) is 57.6 Å². The Morgan fingerprint density at radius 1 is 1.03 bits per heavy atom. The van der Waals surface area contributed by atoms with Crippen LogP contribution in [0.25, 0.3) is 0 Å². The number of amides is 3. The summed E-state index contributed by atoms with van der Waals surface area (Å²) < 4.78 is 2.22. The van der Waals surface area contributed by atoms with Crippen molar-refractivity contribution in [3.63, 3.8) is 0 Å². The molecule has 0 fully saturated rings. The van der Waals surface area contributed by atoms with Crippen LogP contribution in [0.2, 0.25) is 0 Å². The lowest BCUT2D eigenvalue weighted by atomic mass is 9.95. The quantitative estimate of drug-likeness (QED) is 0.438. The van der Waals surface area contributed by atoms with E-state index >= 15 is 0 Å². The van der Waals surface area contributed by atoms with Gasteiger partial charge in [0.15, 0.2) is 0 Å². The van der Waals surface area contributed by atoms with Gasteiger partial charge in [0.25, 0.3) is 0 Å². The van der Waals surface area contributed by atoms with Crippen molar-refractivity contribution in [1.29, 1.82) is 0 Å². The van der Waals surface area contributed by atoms with E-state index in [9.17, 15) is 9.59 Å². The molecule has 3 aromatic rings. The third-order valence-corrected chi connectivity index (χ3v) is 7.23. The molecule has 1 unspecified atom stereocenters. The van der Waals surface area contributed by atoms with Gasteiger partial charge in [0.05, 0.1) is 6.04 Å². The van der Waals surface area contributed by atoms with Crippen LogP contribution < -0.4 is 5.32 Å². The van der Waals surface area contributed by atoms with Gasteiger partial charge in [-0.05, 0) is 66.6 Å². The van der Waals surface area contributed by atoms with E-state index in [0.717, 1.165) is 41.0 Å². The number of urea groups is 1. The van der Waals surface area contributed by atoms with E-state index in [1.165, 1.54) is 5.56 Å². The second-order valence-electron chi connectivity index (χ2n) is 10.0. The SMILES string of the molecule is CCCN(CC(=O)N1CCn2cccc2C1c1ccc(C(C)C)cc1)C(=O)Nc1cccc(C)c1C. The third-order valence-electron chi connectivity index (χ3n) is 7.23. The van der Waals surface area contributed by atoms with Crippen molar-refractivity contribution in [2.45, 2.75) is 59.5 Å². The molecule has 0 spiro atoms. The standard InChI is InChI=1S/C30H38N4O2/c1-6-16-33(30(36)31-26-10-7-9-22(4)23(26)5)20-28(35)34-19-18-32-17-8-11-27(32)29(34)25-14-12-24(13-15-25)21(2)3/h7-15,17,21,29H,6,16,18-20H2,1-5H3,(H,31,36). The fourth-order valence-electron chi connectivity index (χ4n) is 4.92. The number of nitrogens with zero attached hydrogens (tertiary/aromatic N) is 3. The Morgan fingerprint density at radius 3 is 2.47 bits per heavy atom. The first kappa shape index (κ1) is 25.5. The first-order chi connectivity index (χ1) is 17.3. The number of hydrogen-bond acceptors (Lipinski definition) is 2. The van der Waals surface area contributed by atoms with Crippen molar-refractivity contribution in [1.82, 2.24) is 14.4 Å². The highest BCUT2D eigenvalue weighted by Crippen LogP contribution is 2.33. The van der Waals surface area contributed by atoms with Gasteiger partial charge < -0.3 is 19.7 Å². The smallest absolute Gasteiger partial charge is 0.322 e. The number of hydrogen-bond donors (Lipinski definition) is 1. The molecular weight excluding hydrogens is 448 g/mol. The molecular formula is C30H38N4O2. The normalized spacial score (nSPS) is 15.1. The van der Waals surface area contributed by atoms with E-state index in [1.54, 1.807) is 4.90 Å². The monoisotopic (exact) mass is 486 g/mol. The highest BCUT2D eigenvalue weighted by Gasteiger charge is 2.33. The largest absolute Gasteiger partial charge is 0.348 e. The molecule has 6 nitrogen and oxygen atoms in total. The summed E-state index contributed by atoms with van der Waals surface area (Å²) in [6.07, 6.45) is 2.85. The Labute approximate surface area is 214 Å². The van der Waals surface area contributed by atoms with Crippen LogP contribution in [-0.4, -0.2) is 45.9 Å². The van der Waals surface area contributed by atoms with E-state index < -0.39 is 0 Å². The van der Waals surface area contributed by atoms with Gasteiger partial charge in [0.1, 0.15) is 6.54 Å². The van der Waals surface area contributed by atoms with E-state index in [0.29, 0.717) is 19.0 Å². The lowest BCUT2D eigenvalue weighted by molar-refractivity contribution is -0.134. The fourth-order valence-corrected chi connectivity index (χ4v) is 4.92. The van der Waals surface area contributed by atoms with Gasteiger partial charge in [0, 0.05) is 37.2 Å². The molecule has 0 radical (unpaired) electrons. The minimum Gasteiger partial charge on any atom is -0.348 e. The molecule has 1 atom stereocenters. The van der Waals surface area contributed by atoms with Crippen molar-refractivity contribution < 1.29 is 9.59 Å². The average molecular weight is 487 g/mol. The van der Waals surface area contributed by atoms with Gasteiger partial charge >= 0.3 is 6.03 Å². The van der Waals surface area contributed by atoms with Crippen LogP contribution in [0.5, 0.6) is 0 Å². The predicted molar refractivity (Wildman–Crippen MR) is 145 cm³/mol. The maximum absolute atomic E-state index is 13.7. The number of aromatic nitrogens is 1. The molecule has 0 bridgehead atoms. The summed E-state index contributed by atoms with van der Waals surface area (Å²) >= 11 is 0. The molecule has 2 heterocycles. The van der Waals surface area contributed by atoms with Crippen molar-refractivity contribution in [2.24, 2.45) is 0 Å². The second-order valence-corrected chi connectivity index (χ2v) is 10.0. The second kappa shape index (κ2) is 11.0. The molecule has 6 heteroatoms. The van der Waals surface area contributed by atoms with E-state index in [-0.39, 0.29) is 24.5 Å². The Hall–Kier alpha value is -3.54. The van der Waals surface area contributed by atoms with Crippen LogP contribution in [0.3, 0.4) is 0 Å². The lowest BCUT2D eigenvalue weighted by Gasteiger charge is -2.38. The molecule has 1 aliphatic heterocycles. The molecule has 0 saturated carbocycles. The Morgan fingerprint density at radius 2 is 1.78 bits per heavy atom. The summed E-state index contributed by atoms with van der Waals surface area (Å²) in [7, 11) is 0. The Kier molecular flexibility index (Phi) is 7.82. The summed E-state index contributed by atoms with van der Waals surface area (Å²) in [5.41, 5.74) is 6.42. The van der Waals surface area contributed by atoms with Crippen molar-refractivity contribution in [2.75, 3.05) is 25.0 Å². The number of fused-ring (bicyclic) bond motifs is 1. The van der Waals surface area contributed by atoms with Crippen molar-refractivity contribution >= 4 is 17.6 Å². The van der Waals surface area contributed by atoms with Gasteiger partial charge in [-0.15, -0.1) is 0 Å². The van der Waals surface area contributed by atoms with Gasteiger partial charge in [-0.3, -0.25) is 4.79 Å². The Bertz CT molecular complexity index is 1210. The molecule has 190 valence electrons. The highest BCUT2D eigenvalue weighted by atomic mass is 16.2. The van der Waals surface area contributed by atoms with Crippen LogP contribution in [0, 0.1) is 13.8 Å². The van der Waals surface area contributed by atoms with E-state index in [1.807, 2.05) is 49.9 Å². The molecule has 2 aromatic carbocycles. The highest BCUT2D eigenvalue weighted by molar-refractivity contribution is 5.93. The summed E-state index contributed by atoms with van der Waals surface area (Å²) in [6.45, 7) is 12.3. The fraction of sp³-hybridized carbons (Fsp3) is 0.400. The zero-order valence-electron chi connectivity index (χ0n) is 22.1. The summed E-state index contributed by atoms with van der Waals surface area (Å²) in [5.74, 6) is 0.412. The lowest BCUT2D eigenvalue weighted by Crippen LogP contribution is -2.49. The number of aryl methyl sites for hydroxylation is 1. The molecule has 36 heavy (non-hydrogen) atoms. The van der Waals surface area contributed by atoms with Gasteiger partial charge in [0.2, 0.25) is 5.91 Å². The molecule has 0 aliphatic carbocycles. The van der Waals surface area contributed by atoms with Gasteiger partial charge in [-0.25, -0.2) is 4.79 Å². The number of benzene rings is 2. The molecule has 1 aliphatic rings. The first-order valence-corrected chi connectivity index (χ1v) is 13.0. The molecule has 4 rings (SSSR count). The van der Waals surface area contributed by atoms with Crippen LogP contribution in [0.4, 0.5) is 10.5 Å². The maximum Gasteiger partial charge on any atom is 0.322 e. The molecule has 1 N–H and O–H groups in total. The molecule has 1 aromatic heterocycles. The number of carbonyl (C=O) groups excluding carboxylic acids is 2. The van der Waals surface area contributed by atoms with Crippen LogP contribution in [-0.2, 0) is 11.3 Å². The average Bonchev–Trinajstić information content (AvgIpc) is 3.35. The van der Waals surface area contributed by atoms with Crippen LogP contribution >= 0.6 is 0 Å². The summed E-state index contributed by atoms with van der Waals surface area (Å²) in [5, 5.41) is 3.03. The van der Waals surface area contributed by atoms with Crippen LogP contribution in [0.15, 0.2) is 60.8 Å². The van der Waals surface area contributed by atoms with Crippen LogP contribution in [0.1, 0.15) is 67.1 Å². The molecule has 3 amide bonds. The van der Waals surface area contributed by atoms with E-state index in [4.69, 9.17) is 0 Å². The minimum atomic E-state index is -0.239. The number of anilines is 1. The van der Waals surface area contributed by atoms with Gasteiger partial charge in [-0.2, -0.15) is 0 Å². The van der Waals surface area contributed by atoms with Crippen molar-refractivity contribution in [3.05, 3.63) is 88.7 Å². The zero-order chi connectivity index (χ0) is 25.8. The maximum atomic E-state index is 13.7. The number of nitrogens with one attached hydrogen (secondary N) is 1. The van der Waals surface area contributed by atoms with Gasteiger partial charge in [-0.1, -0.05) is 57.2 Å². The van der Waals surface area contributed by atoms with Crippen molar-refractivity contribution in [3.8, 4) is 0 Å². The minimum absolute atomic E-state index is 0.0371. The third kappa shape index (κ3) is 5.32. The summed E-state index contributed by atoms with van der Waals surface area (Å²) in [6, 6.07) is 18.2. The number of carbonyl (C=O) groups is 2. The zero-order valence-corrected chi connectivity index (χ0v) is 22.1. The Balaban J connectivity index is 1.57. The summed E-state index contributed by atoms with van der Waals surface area (Å²) in [4.78, 5) is 30.6. The number of rotatable bonds is 7. The molecule has 0 saturated heterocycles. The van der Waals surface area contributed by atoms with E-state index in [2.05, 4.69) is 60.3 Å².